The van der Waals surface area contributed by atoms with Gasteiger partial charge in [-0.15, -0.1) is 6.58 Å². The number of nitrogens with two attached hydrogens (primary N) is 2. The maximum absolute atomic E-state index is 11.0. The van der Waals surface area contributed by atoms with Gasteiger partial charge >= 0.3 is 0 Å². The van der Waals surface area contributed by atoms with Crippen LogP contribution in [0.4, 0.5) is 0 Å². The van der Waals surface area contributed by atoms with Crippen molar-refractivity contribution >= 4 is 5.91 Å². The highest BCUT2D eigenvalue weighted by Crippen LogP contribution is 2.15. The molecule has 0 fully saturated rings. The zero-order chi connectivity index (χ0) is 9.84. The molecule has 4 N–H and O–H groups in total. The third-order valence-electron chi connectivity index (χ3n) is 1.84. The first-order valence-electron chi connectivity index (χ1n) is 3.93. The van der Waals surface area contributed by atoms with Gasteiger partial charge in [0.2, 0.25) is 5.91 Å². The number of carbonyl (C=O) groups is 1. The molecule has 0 bridgehead atoms. The van der Waals surface area contributed by atoms with Crippen LogP contribution < -0.4 is 11.5 Å². The van der Waals surface area contributed by atoms with Crippen LogP contribution in [0.25, 0.3) is 0 Å². The minimum atomic E-state index is -0.465. The van der Waals surface area contributed by atoms with Crippen molar-refractivity contribution in [3.63, 3.8) is 0 Å². The summed E-state index contributed by atoms with van der Waals surface area (Å²) in [4.78, 5) is 11.0. The fraction of sp³-hybridized carbons (Fsp3) is 0.100. The van der Waals surface area contributed by atoms with Crippen LogP contribution in [-0.4, -0.2) is 5.91 Å². The van der Waals surface area contributed by atoms with E-state index < -0.39 is 5.91 Å². The van der Waals surface area contributed by atoms with Crippen molar-refractivity contribution in [2.45, 2.75) is 6.04 Å². The van der Waals surface area contributed by atoms with Gasteiger partial charge in [0.05, 0.1) is 0 Å². The number of primary amides is 1. The lowest BCUT2D eigenvalue weighted by molar-refractivity contribution is 0.0999. The zero-order valence-electron chi connectivity index (χ0n) is 7.23. The summed E-state index contributed by atoms with van der Waals surface area (Å²) in [6.07, 6.45) is 1.57. The second-order valence-corrected chi connectivity index (χ2v) is 2.71. The van der Waals surface area contributed by atoms with Gasteiger partial charge in [0, 0.05) is 11.6 Å². The summed E-state index contributed by atoms with van der Waals surface area (Å²) in [6.45, 7) is 3.56. The Morgan fingerprint density at radius 2 is 2.08 bits per heavy atom. The normalized spacial score (nSPS) is 12.1. The summed E-state index contributed by atoms with van der Waals surface area (Å²) in [5.74, 6) is -0.465. The van der Waals surface area contributed by atoms with Crippen molar-refractivity contribution in [3.05, 3.63) is 48.0 Å². The summed E-state index contributed by atoms with van der Waals surface area (Å²) in [5.41, 5.74) is 12.1. The molecule has 0 saturated heterocycles. The molecule has 13 heavy (non-hydrogen) atoms. The second kappa shape index (κ2) is 3.87. The first-order valence-corrected chi connectivity index (χ1v) is 3.93. The molecular weight excluding hydrogens is 164 g/mol. The fourth-order valence-electron chi connectivity index (χ4n) is 1.14. The molecule has 1 atom stereocenters. The van der Waals surface area contributed by atoms with Gasteiger partial charge in [-0.1, -0.05) is 24.3 Å². The summed E-state index contributed by atoms with van der Waals surface area (Å²) in [7, 11) is 0. The van der Waals surface area contributed by atoms with Crippen LogP contribution in [0.15, 0.2) is 36.9 Å². The predicted octanol–water partition coefficient (Wildman–Crippen LogP) is 0.971. The third-order valence-corrected chi connectivity index (χ3v) is 1.84. The van der Waals surface area contributed by atoms with Crippen molar-refractivity contribution in [2.24, 2.45) is 11.5 Å². The predicted molar refractivity (Wildman–Crippen MR) is 52.1 cm³/mol. The quantitative estimate of drug-likeness (QED) is 0.674. The molecule has 0 aliphatic rings. The van der Waals surface area contributed by atoms with Crippen LogP contribution in [0.3, 0.4) is 0 Å². The van der Waals surface area contributed by atoms with Crippen LogP contribution in [0.5, 0.6) is 0 Å². The Balaban J connectivity index is 3.19. The SMILES string of the molecule is C=CC(N)c1ccccc1C(N)=O. The fourth-order valence-corrected chi connectivity index (χ4v) is 1.14. The van der Waals surface area contributed by atoms with Crippen LogP contribution in [0.2, 0.25) is 0 Å². The van der Waals surface area contributed by atoms with Gasteiger partial charge in [0.1, 0.15) is 0 Å². The molecule has 1 aromatic carbocycles. The Morgan fingerprint density at radius 1 is 1.46 bits per heavy atom. The average Bonchev–Trinajstić information content (AvgIpc) is 2.16. The Hall–Kier alpha value is -1.61. The van der Waals surface area contributed by atoms with Crippen molar-refractivity contribution in [2.75, 3.05) is 0 Å². The van der Waals surface area contributed by atoms with E-state index in [4.69, 9.17) is 11.5 Å². The van der Waals surface area contributed by atoms with Crippen molar-refractivity contribution in [1.29, 1.82) is 0 Å². The molecule has 1 unspecified atom stereocenters. The molecule has 1 amide bonds. The standard InChI is InChI=1S/C10H12N2O/c1-2-9(11)7-5-3-4-6-8(7)10(12)13/h2-6,9H,1,11H2,(H2,12,13). The van der Waals surface area contributed by atoms with E-state index in [0.717, 1.165) is 0 Å². The molecule has 3 heteroatoms. The maximum Gasteiger partial charge on any atom is 0.249 e. The van der Waals surface area contributed by atoms with E-state index in [2.05, 4.69) is 6.58 Å². The third kappa shape index (κ3) is 1.95. The monoisotopic (exact) mass is 176 g/mol. The topological polar surface area (TPSA) is 69.1 Å². The molecule has 0 aliphatic heterocycles. The van der Waals surface area contributed by atoms with Gasteiger partial charge in [0.15, 0.2) is 0 Å². The van der Waals surface area contributed by atoms with E-state index in [1.165, 1.54) is 0 Å². The summed E-state index contributed by atoms with van der Waals surface area (Å²) in [6, 6.07) is 6.64. The number of hydrogen-bond acceptors (Lipinski definition) is 2. The molecule has 0 saturated carbocycles. The highest BCUT2D eigenvalue weighted by molar-refractivity contribution is 5.94. The number of hydrogen-bond donors (Lipinski definition) is 2. The molecule has 0 aromatic heterocycles. The smallest absolute Gasteiger partial charge is 0.249 e. The van der Waals surface area contributed by atoms with E-state index in [0.29, 0.717) is 11.1 Å². The molecule has 1 rings (SSSR count). The van der Waals surface area contributed by atoms with Crippen molar-refractivity contribution in [3.8, 4) is 0 Å². The van der Waals surface area contributed by atoms with Crippen molar-refractivity contribution in [1.82, 2.24) is 0 Å². The van der Waals surface area contributed by atoms with Gasteiger partial charge in [-0.3, -0.25) is 4.79 Å². The second-order valence-electron chi connectivity index (χ2n) is 2.71. The minimum Gasteiger partial charge on any atom is -0.366 e. The molecule has 0 heterocycles. The van der Waals surface area contributed by atoms with Crippen LogP contribution >= 0.6 is 0 Å². The Labute approximate surface area is 77.0 Å². The van der Waals surface area contributed by atoms with Crippen molar-refractivity contribution < 1.29 is 4.79 Å². The molecule has 3 nitrogen and oxygen atoms in total. The largest absolute Gasteiger partial charge is 0.366 e. The first kappa shape index (κ1) is 9.48. The van der Waals surface area contributed by atoms with Gasteiger partial charge in [0.25, 0.3) is 0 Å². The van der Waals surface area contributed by atoms with Crippen LogP contribution in [-0.2, 0) is 0 Å². The maximum atomic E-state index is 11.0. The van der Waals surface area contributed by atoms with E-state index in [1.807, 2.05) is 6.07 Å². The summed E-state index contributed by atoms with van der Waals surface area (Å²) < 4.78 is 0. The van der Waals surface area contributed by atoms with Gasteiger partial charge in [-0.2, -0.15) is 0 Å². The van der Waals surface area contributed by atoms with E-state index in [9.17, 15) is 4.79 Å². The van der Waals surface area contributed by atoms with Gasteiger partial charge < -0.3 is 11.5 Å². The lowest BCUT2D eigenvalue weighted by Gasteiger charge is -2.09. The Kier molecular flexibility index (Phi) is 2.82. The van der Waals surface area contributed by atoms with E-state index in [1.54, 1.807) is 24.3 Å². The Bertz CT molecular complexity index is 333. The highest BCUT2D eigenvalue weighted by Gasteiger charge is 2.10. The number of rotatable bonds is 3. The Morgan fingerprint density at radius 3 is 2.62 bits per heavy atom. The summed E-state index contributed by atoms with van der Waals surface area (Å²) >= 11 is 0. The first-order chi connectivity index (χ1) is 6.16. The lowest BCUT2D eigenvalue weighted by atomic mass is 10.0. The van der Waals surface area contributed by atoms with E-state index in [-0.39, 0.29) is 6.04 Å². The molecular formula is C10H12N2O. The molecule has 0 spiro atoms. The highest BCUT2D eigenvalue weighted by atomic mass is 16.1. The number of amides is 1. The zero-order valence-corrected chi connectivity index (χ0v) is 7.23. The van der Waals surface area contributed by atoms with Crippen LogP contribution in [0, 0.1) is 0 Å². The van der Waals surface area contributed by atoms with Gasteiger partial charge in [-0.05, 0) is 11.6 Å². The van der Waals surface area contributed by atoms with Crippen LogP contribution in [0.1, 0.15) is 22.0 Å². The molecule has 68 valence electrons. The molecule has 0 aliphatic carbocycles. The lowest BCUT2D eigenvalue weighted by Crippen LogP contribution is -2.17. The molecule has 1 aromatic rings. The number of carbonyl (C=O) groups excluding carboxylic acids is 1. The summed E-state index contributed by atoms with van der Waals surface area (Å²) in [5, 5.41) is 0. The van der Waals surface area contributed by atoms with E-state index >= 15 is 0 Å². The molecule has 0 radical (unpaired) electrons. The minimum absolute atomic E-state index is 0.344. The van der Waals surface area contributed by atoms with Gasteiger partial charge in [-0.25, -0.2) is 0 Å². The average molecular weight is 176 g/mol. The number of benzene rings is 1.